The van der Waals surface area contributed by atoms with Crippen LogP contribution >= 0.6 is 0 Å². The number of benzene rings is 2. The van der Waals surface area contributed by atoms with Crippen molar-refractivity contribution in [2.75, 3.05) is 36.9 Å². The van der Waals surface area contributed by atoms with E-state index in [0.29, 0.717) is 6.54 Å². The summed E-state index contributed by atoms with van der Waals surface area (Å²) in [5, 5.41) is 3.11. The Balaban J connectivity index is 1.53. The number of carbonyl (C=O) groups is 1. The Morgan fingerprint density at radius 2 is 1.79 bits per heavy atom. The number of hydrogen-bond donors (Lipinski definition) is 1. The average Bonchev–Trinajstić information content (AvgIpc) is 2.70. The third-order valence-electron chi connectivity index (χ3n) is 5.53. The van der Waals surface area contributed by atoms with E-state index in [1.165, 1.54) is 36.1 Å². The molecule has 0 aromatic heterocycles. The van der Waals surface area contributed by atoms with Crippen LogP contribution in [0.3, 0.4) is 0 Å². The number of nitrogens with one attached hydrogen (secondary N) is 1. The molecule has 0 aliphatic carbocycles. The van der Waals surface area contributed by atoms with Crippen LogP contribution < -0.4 is 10.2 Å². The first kappa shape index (κ1) is 20.4. The lowest BCUT2D eigenvalue weighted by atomic mass is 10.1. The highest BCUT2D eigenvalue weighted by Crippen LogP contribution is 2.22. The van der Waals surface area contributed by atoms with Crippen LogP contribution in [0.25, 0.3) is 0 Å². The summed E-state index contributed by atoms with van der Waals surface area (Å²) in [6, 6.07) is 15.0. The molecule has 1 saturated heterocycles. The quantitative estimate of drug-likeness (QED) is 0.762. The van der Waals surface area contributed by atoms with Gasteiger partial charge >= 0.3 is 0 Å². The van der Waals surface area contributed by atoms with Crippen LogP contribution in [0.1, 0.15) is 42.9 Å². The molecular formula is C24H33N3O. The number of rotatable bonds is 7. The molecule has 4 heteroatoms. The molecule has 0 unspecified atom stereocenters. The highest BCUT2D eigenvalue weighted by atomic mass is 16.2. The van der Waals surface area contributed by atoms with Crippen LogP contribution in [-0.4, -0.2) is 37.5 Å². The van der Waals surface area contributed by atoms with E-state index in [4.69, 9.17) is 0 Å². The zero-order valence-electron chi connectivity index (χ0n) is 17.5. The summed E-state index contributed by atoms with van der Waals surface area (Å²) < 4.78 is 0. The molecule has 4 nitrogen and oxygen atoms in total. The van der Waals surface area contributed by atoms with Crippen molar-refractivity contribution in [2.24, 2.45) is 0 Å². The molecule has 1 heterocycles. The molecule has 1 aliphatic rings. The van der Waals surface area contributed by atoms with E-state index in [0.717, 1.165) is 37.3 Å². The number of hydrogen-bond acceptors (Lipinski definition) is 3. The SMILES string of the molecule is CCc1cccc(C)c1NC(=O)CN(C)Cc1ccc(N2CCCCC2)cc1. The number of anilines is 2. The number of nitrogens with zero attached hydrogens (tertiary/aromatic N) is 2. The molecule has 0 spiro atoms. The number of likely N-dealkylation sites (N-methyl/N-ethyl adjacent to an activating group) is 1. The van der Waals surface area contributed by atoms with Gasteiger partial charge in [0.05, 0.1) is 6.54 Å². The van der Waals surface area contributed by atoms with E-state index in [2.05, 4.69) is 52.4 Å². The normalized spacial score (nSPS) is 14.4. The Kier molecular flexibility index (Phi) is 7.10. The molecule has 0 bridgehead atoms. The second-order valence-electron chi connectivity index (χ2n) is 7.90. The fourth-order valence-electron chi connectivity index (χ4n) is 3.96. The fraction of sp³-hybridized carbons (Fsp3) is 0.458. The third-order valence-corrected chi connectivity index (χ3v) is 5.53. The van der Waals surface area contributed by atoms with Gasteiger partial charge in [-0.15, -0.1) is 0 Å². The third kappa shape index (κ3) is 5.35. The van der Waals surface area contributed by atoms with E-state index in [1.807, 2.05) is 26.1 Å². The van der Waals surface area contributed by atoms with Gasteiger partial charge in [0.25, 0.3) is 0 Å². The molecular weight excluding hydrogens is 346 g/mol. The molecule has 0 radical (unpaired) electrons. The molecule has 1 aliphatic heterocycles. The fourth-order valence-corrected chi connectivity index (χ4v) is 3.96. The summed E-state index contributed by atoms with van der Waals surface area (Å²) in [6.07, 6.45) is 4.85. The first-order valence-corrected chi connectivity index (χ1v) is 10.5. The first-order valence-electron chi connectivity index (χ1n) is 10.5. The molecule has 0 atom stereocenters. The maximum absolute atomic E-state index is 12.5. The van der Waals surface area contributed by atoms with Crippen LogP contribution in [0.4, 0.5) is 11.4 Å². The Morgan fingerprint density at radius 3 is 2.46 bits per heavy atom. The van der Waals surface area contributed by atoms with Gasteiger partial charge in [-0.25, -0.2) is 0 Å². The van der Waals surface area contributed by atoms with Gasteiger partial charge in [-0.05, 0) is 68.5 Å². The van der Waals surface area contributed by atoms with Gasteiger partial charge in [0, 0.05) is 31.0 Å². The smallest absolute Gasteiger partial charge is 0.238 e. The van der Waals surface area contributed by atoms with Crippen molar-refractivity contribution in [1.82, 2.24) is 4.90 Å². The summed E-state index contributed by atoms with van der Waals surface area (Å²) >= 11 is 0. The highest BCUT2D eigenvalue weighted by Gasteiger charge is 2.13. The number of amides is 1. The van der Waals surface area contributed by atoms with Crippen molar-refractivity contribution < 1.29 is 4.79 Å². The predicted octanol–water partition coefficient (Wildman–Crippen LogP) is 4.62. The molecule has 1 amide bonds. The monoisotopic (exact) mass is 379 g/mol. The van der Waals surface area contributed by atoms with Crippen LogP contribution in [0.15, 0.2) is 42.5 Å². The van der Waals surface area contributed by atoms with Crippen LogP contribution in [0.2, 0.25) is 0 Å². The van der Waals surface area contributed by atoms with Crippen molar-refractivity contribution in [1.29, 1.82) is 0 Å². The van der Waals surface area contributed by atoms with E-state index < -0.39 is 0 Å². The van der Waals surface area contributed by atoms with E-state index in [9.17, 15) is 4.79 Å². The first-order chi connectivity index (χ1) is 13.6. The Bertz CT molecular complexity index is 779. The van der Waals surface area contributed by atoms with Gasteiger partial charge < -0.3 is 10.2 Å². The average molecular weight is 380 g/mol. The second-order valence-corrected chi connectivity index (χ2v) is 7.90. The molecule has 1 fully saturated rings. The lowest BCUT2D eigenvalue weighted by molar-refractivity contribution is -0.117. The molecule has 2 aromatic rings. The van der Waals surface area contributed by atoms with Crippen LogP contribution in [-0.2, 0) is 17.8 Å². The van der Waals surface area contributed by atoms with E-state index >= 15 is 0 Å². The van der Waals surface area contributed by atoms with Crippen molar-refractivity contribution in [2.45, 2.75) is 46.1 Å². The predicted molar refractivity (Wildman–Crippen MR) is 118 cm³/mol. The van der Waals surface area contributed by atoms with E-state index in [1.54, 1.807) is 0 Å². The zero-order valence-corrected chi connectivity index (χ0v) is 17.5. The number of para-hydroxylation sites is 1. The van der Waals surface area contributed by atoms with Gasteiger partial charge in [0.15, 0.2) is 0 Å². The summed E-state index contributed by atoms with van der Waals surface area (Å²) in [7, 11) is 2.00. The van der Waals surface area contributed by atoms with E-state index in [-0.39, 0.29) is 5.91 Å². The largest absolute Gasteiger partial charge is 0.372 e. The topological polar surface area (TPSA) is 35.6 Å². The molecule has 3 rings (SSSR count). The van der Waals surface area contributed by atoms with Gasteiger partial charge in [0.1, 0.15) is 0 Å². The molecule has 0 saturated carbocycles. The summed E-state index contributed by atoms with van der Waals surface area (Å²) in [5.41, 5.74) is 5.82. The van der Waals surface area contributed by atoms with Gasteiger partial charge in [-0.3, -0.25) is 9.69 Å². The molecule has 1 N–H and O–H groups in total. The van der Waals surface area contributed by atoms with Crippen LogP contribution in [0.5, 0.6) is 0 Å². The minimum Gasteiger partial charge on any atom is -0.372 e. The molecule has 28 heavy (non-hydrogen) atoms. The lowest BCUT2D eigenvalue weighted by Crippen LogP contribution is -2.30. The van der Waals surface area contributed by atoms with Gasteiger partial charge in [0.2, 0.25) is 5.91 Å². The van der Waals surface area contributed by atoms with Crippen LogP contribution in [0, 0.1) is 6.92 Å². The minimum absolute atomic E-state index is 0.0384. The van der Waals surface area contributed by atoms with Crippen molar-refractivity contribution in [3.63, 3.8) is 0 Å². The number of aryl methyl sites for hydroxylation is 2. The highest BCUT2D eigenvalue weighted by molar-refractivity contribution is 5.93. The molecule has 2 aromatic carbocycles. The van der Waals surface area contributed by atoms with Gasteiger partial charge in [-0.2, -0.15) is 0 Å². The Labute approximate surface area is 169 Å². The maximum Gasteiger partial charge on any atom is 0.238 e. The van der Waals surface area contributed by atoms with Crippen molar-refractivity contribution in [3.8, 4) is 0 Å². The second kappa shape index (κ2) is 9.74. The van der Waals surface area contributed by atoms with Crippen molar-refractivity contribution >= 4 is 17.3 Å². The zero-order chi connectivity index (χ0) is 19.9. The number of carbonyl (C=O) groups excluding carboxylic acids is 1. The lowest BCUT2D eigenvalue weighted by Gasteiger charge is -2.29. The maximum atomic E-state index is 12.5. The molecule has 150 valence electrons. The van der Waals surface area contributed by atoms with Gasteiger partial charge in [-0.1, -0.05) is 37.3 Å². The Hall–Kier alpha value is -2.33. The standard InChI is InChI=1S/C24H33N3O/c1-4-21-10-8-9-19(2)24(21)25-23(28)18-26(3)17-20-11-13-22(14-12-20)27-15-6-5-7-16-27/h8-14H,4-7,15-18H2,1-3H3,(H,25,28). The number of piperidine rings is 1. The minimum atomic E-state index is 0.0384. The summed E-state index contributed by atoms with van der Waals surface area (Å²) in [4.78, 5) is 17.1. The summed E-state index contributed by atoms with van der Waals surface area (Å²) in [5.74, 6) is 0.0384. The van der Waals surface area contributed by atoms with Crippen molar-refractivity contribution in [3.05, 3.63) is 59.2 Å². The summed E-state index contributed by atoms with van der Waals surface area (Å²) in [6.45, 7) is 7.64. The Morgan fingerprint density at radius 1 is 1.07 bits per heavy atom.